The molecular weight excluding hydrogens is 539 g/mol. The Balaban J connectivity index is 0.00000512. The van der Waals surface area contributed by atoms with Crippen LogP contribution < -0.4 is 15.4 Å². The van der Waals surface area contributed by atoms with Crippen LogP contribution in [0.2, 0.25) is 0 Å². The largest absolute Gasteiger partial charge is 0.492 e. The van der Waals surface area contributed by atoms with Gasteiger partial charge in [0.15, 0.2) is 15.8 Å². The van der Waals surface area contributed by atoms with Crippen LogP contribution in [0.4, 0.5) is 0 Å². The third-order valence-corrected chi connectivity index (χ3v) is 5.87. The standard InChI is InChI=1S/C23H34N4O3S.HI/c1-6-24-23(25-16-19-11-12-22(18(2)15-19)31(5,28)29)26-17-20-9-7-8-10-21(20)30-14-13-27(3)4;/h7-12,15H,6,13-14,16-17H2,1-5H3,(H2,24,25,26);1H. The van der Waals surface area contributed by atoms with E-state index in [1.165, 1.54) is 6.26 Å². The van der Waals surface area contributed by atoms with E-state index < -0.39 is 9.84 Å². The zero-order valence-electron chi connectivity index (χ0n) is 19.5. The SMILES string of the molecule is CCNC(=NCc1ccc(S(C)(=O)=O)c(C)c1)NCc1ccccc1OCCN(C)C.I. The molecule has 2 rings (SSSR count). The Morgan fingerprint density at radius 1 is 1.12 bits per heavy atom. The van der Waals surface area contributed by atoms with Gasteiger partial charge in [-0.2, -0.15) is 0 Å². The van der Waals surface area contributed by atoms with E-state index in [4.69, 9.17) is 4.74 Å². The van der Waals surface area contributed by atoms with Crippen molar-refractivity contribution in [1.82, 2.24) is 15.5 Å². The number of nitrogens with one attached hydrogen (secondary N) is 2. The lowest BCUT2D eigenvalue weighted by Crippen LogP contribution is -2.36. The van der Waals surface area contributed by atoms with Crippen LogP contribution in [0.1, 0.15) is 23.6 Å². The molecule has 0 unspecified atom stereocenters. The normalized spacial score (nSPS) is 11.8. The predicted molar refractivity (Wildman–Crippen MR) is 142 cm³/mol. The number of ether oxygens (including phenoxy) is 1. The number of nitrogens with zero attached hydrogens (tertiary/aromatic N) is 2. The monoisotopic (exact) mass is 574 g/mol. The number of rotatable bonds is 10. The molecule has 0 spiro atoms. The Morgan fingerprint density at radius 3 is 2.47 bits per heavy atom. The van der Waals surface area contributed by atoms with Crippen LogP contribution >= 0.6 is 24.0 Å². The number of benzene rings is 2. The van der Waals surface area contributed by atoms with Gasteiger partial charge in [0, 0.05) is 31.5 Å². The number of hydrogen-bond acceptors (Lipinski definition) is 5. The molecule has 0 heterocycles. The summed E-state index contributed by atoms with van der Waals surface area (Å²) in [7, 11) is 0.820. The Labute approximate surface area is 209 Å². The van der Waals surface area contributed by atoms with Gasteiger partial charge >= 0.3 is 0 Å². The smallest absolute Gasteiger partial charge is 0.191 e. The van der Waals surface area contributed by atoms with Crippen LogP contribution in [-0.4, -0.2) is 59.3 Å². The first-order chi connectivity index (χ1) is 14.7. The highest BCUT2D eigenvalue weighted by Gasteiger charge is 2.11. The molecule has 2 aromatic rings. The quantitative estimate of drug-likeness (QED) is 0.258. The van der Waals surface area contributed by atoms with Gasteiger partial charge in [-0.3, -0.25) is 0 Å². The third kappa shape index (κ3) is 9.33. The van der Waals surface area contributed by atoms with Crippen LogP contribution in [0.5, 0.6) is 5.75 Å². The molecule has 178 valence electrons. The van der Waals surface area contributed by atoms with Gasteiger partial charge in [0.2, 0.25) is 0 Å². The van der Waals surface area contributed by atoms with Crippen molar-refractivity contribution in [2.45, 2.75) is 31.8 Å². The van der Waals surface area contributed by atoms with E-state index in [9.17, 15) is 8.42 Å². The van der Waals surface area contributed by atoms with Crippen molar-refractivity contribution in [1.29, 1.82) is 0 Å². The van der Waals surface area contributed by atoms with E-state index >= 15 is 0 Å². The van der Waals surface area contributed by atoms with Gasteiger partial charge in [0.1, 0.15) is 12.4 Å². The number of likely N-dealkylation sites (N-methyl/N-ethyl adjacent to an activating group) is 1. The lowest BCUT2D eigenvalue weighted by Gasteiger charge is -2.16. The highest BCUT2D eigenvalue weighted by atomic mass is 127. The van der Waals surface area contributed by atoms with Gasteiger partial charge in [-0.25, -0.2) is 13.4 Å². The Bertz CT molecular complexity index is 994. The molecule has 0 bridgehead atoms. The highest BCUT2D eigenvalue weighted by Crippen LogP contribution is 2.18. The lowest BCUT2D eigenvalue weighted by molar-refractivity contribution is 0.259. The second-order valence-corrected chi connectivity index (χ2v) is 9.66. The predicted octanol–water partition coefficient (Wildman–Crippen LogP) is 3.21. The molecule has 0 aliphatic heterocycles. The number of guanidine groups is 1. The zero-order chi connectivity index (χ0) is 22.9. The molecule has 0 amide bonds. The average molecular weight is 575 g/mol. The number of aliphatic imine (C=N–C) groups is 1. The summed E-state index contributed by atoms with van der Waals surface area (Å²) in [6.07, 6.45) is 1.22. The molecule has 0 aromatic heterocycles. The van der Waals surface area contributed by atoms with Gasteiger partial charge < -0.3 is 20.3 Å². The summed E-state index contributed by atoms with van der Waals surface area (Å²) < 4.78 is 29.5. The van der Waals surface area contributed by atoms with Gasteiger partial charge in [-0.05, 0) is 51.2 Å². The number of aryl methyl sites for hydroxylation is 1. The highest BCUT2D eigenvalue weighted by molar-refractivity contribution is 14.0. The van der Waals surface area contributed by atoms with Crippen molar-refractivity contribution < 1.29 is 13.2 Å². The maximum atomic E-state index is 11.8. The summed E-state index contributed by atoms with van der Waals surface area (Å²) in [5, 5.41) is 6.60. The Kier molecular flexibility index (Phi) is 12.0. The van der Waals surface area contributed by atoms with E-state index in [-0.39, 0.29) is 24.0 Å². The van der Waals surface area contributed by atoms with Crippen molar-refractivity contribution in [2.75, 3.05) is 40.0 Å². The summed E-state index contributed by atoms with van der Waals surface area (Å²) in [5.41, 5.74) is 2.74. The summed E-state index contributed by atoms with van der Waals surface area (Å²) in [5.74, 6) is 1.55. The first-order valence-corrected chi connectivity index (χ1v) is 12.3. The maximum Gasteiger partial charge on any atom is 0.191 e. The van der Waals surface area contributed by atoms with Crippen LogP contribution in [0.3, 0.4) is 0 Å². The molecule has 0 atom stereocenters. The van der Waals surface area contributed by atoms with Gasteiger partial charge in [0.25, 0.3) is 0 Å². The fourth-order valence-corrected chi connectivity index (χ4v) is 4.00. The van der Waals surface area contributed by atoms with Gasteiger partial charge in [-0.15, -0.1) is 24.0 Å². The minimum Gasteiger partial charge on any atom is -0.492 e. The number of halogens is 1. The molecule has 0 saturated carbocycles. The summed E-state index contributed by atoms with van der Waals surface area (Å²) in [6.45, 7) is 7.06. The van der Waals surface area contributed by atoms with Gasteiger partial charge in [0.05, 0.1) is 11.4 Å². The molecule has 0 aliphatic rings. The summed E-state index contributed by atoms with van der Waals surface area (Å²) in [4.78, 5) is 7.09. The Hall–Kier alpha value is -1.85. The zero-order valence-corrected chi connectivity index (χ0v) is 22.7. The molecular formula is C23H35IN4O3S. The molecule has 0 saturated heterocycles. The van der Waals surface area contributed by atoms with Crippen LogP contribution in [0.25, 0.3) is 0 Å². The number of hydrogen-bond donors (Lipinski definition) is 2. The lowest BCUT2D eigenvalue weighted by atomic mass is 10.1. The van der Waals surface area contributed by atoms with Crippen molar-refractivity contribution in [3.05, 3.63) is 59.2 Å². The molecule has 0 aliphatic carbocycles. The van der Waals surface area contributed by atoms with E-state index in [2.05, 4.69) is 20.5 Å². The van der Waals surface area contributed by atoms with Crippen molar-refractivity contribution in [2.24, 2.45) is 4.99 Å². The first kappa shape index (κ1) is 28.2. The molecule has 0 fully saturated rings. The minimum absolute atomic E-state index is 0. The topological polar surface area (TPSA) is 83.0 Å². The second-order valence-electron chi connectivity index (χ2n) is 7.68. The van der Waals surface area contributed by atoms with Crippen LogP contribution in [0, 0.1) is 6.92 Å². The third-order valence-electron chi connectivity index (χ3n) is 4.62. The molecule has 2 N–H and O–H groups in total. The van der Waals surface area contributed by atoms with E-state index in [1.807, 2.05) is 57.4 Å². The molecule has 9 heteroatoms. The van der Waals surface area contributed by atoms with Crippen molar-refractivity contribution in [3.63, 3.8) is 0 Å². The molecule has 0 radical (unpaired) electrons. The number of para-hydroxylation sites is 1. The van der Waals surface area contributed by atoms with E-state index in [0.717, 1.165) is 35.5 Å². The van der Waals surface area contributed by atoms with Crippen LogP contribution in [-0.2, 0) is 22.9 Å². The van der Waals surface area contributed by atoms with Crippen molar-refractivity contribution in [3.8, 4) is 5.75 Å². The average Bonchev–Trinajstić information content (AvgIpc) is 2.69. The first-order valence-electron chi connectivity index (χ1n) is 10.4. The van der Waals surface area contributed by atoms with E-state index in [0.29, 0.717) is 30.6 Å². The number of sulfone groups is 1. The fourth-order valence-electron chi connectivity index (χ4n) is 3.05. The second kappa shape index (κ2) is 13.6. The summed E-state index contributed by atoms with van der Waals surface area (Å²) >= 11 is 0. The molecule has 2 aromatic carbocycles. The van der Waals surface area contributed by atoms with Crippen LogP contribution in [0.15, 0.2) is 52.4 Å². The molecule has 32 heavy (non-hydrogen) atoms. The maximum absolute atomic E-state index is 11.8. The van der Waals surface area contributed by atoms with Crippen molar-refractivity contribution >= 4 is 39.8 Å². The van der Waals surface area contributed by atoms with E-state index in [1.54, 1.807) is 13.0 Å². The Morgan fingerprint density at radius 2 is 1.84 bits per heavy atom. The van der Waals surface area contributed by atoms with Gasteiger partial charge in [-0.1, -0.05) is 30.3 Å². The minimum atomic E-state index is -3.22. The summed E-state index contributed by atoms with van der Waals surface area (Å²) in [6, 6.07) is 13.3. The fraction of sp³-hybridized carbons (Fsp3) is 0.435. The molecule has 7 nitrogen and oxygen atoms in total.